The highest BCUT2D eigenvalue weighted by molar-refractivity contribution is 5.96. The quantitative estimate of drug-likeness (QED) is 0.429. The number of carbonyl (C=O) groups is 1. The lowest BCUT2D eigenvalue weighted by atomic mass is 9.49. The van der Waals surface area contributed by atoms with Gasteiger partial charge in [-0.15, -0.1) is 0 Å². The van der Waals surface area contributed by atoms with Crippen molar-refractivity contribution in [3.63, 3.8) is 0 Å². The summed E-state index contributed by atoms with van der Waals surface area (Å²) >= 11 is 0. The molecule has 1 amide bonds. The summed E-state index contributed by atoms with van der Waals surface area (Å²) in [7, 11) is 0. The molecule has 4 fully saturated rings. The first-order chi connectivity index (χ1) is 16.6. The van der Waals surface area contributed by atoms with E-state index in [0.29, 0.717) is 29.8 Å². The Balaban J connectivity index is 1.05. The Morgan fingerprint density at radius 3 is 2.32 bits per heavy atom. The Kier molecular flexibility index (Phi) is 7.21. The summed E-state index contributed by atoms with van der Waals surface area (Å²) < 4.78 is 5.85. The fraction of sp³-hybridized carbons (Fsp3) is 0.552. The molecule has 3 N–H and O–H groups in total. The molecular weight excluding hydrogens is 424 g/mol. The van der Waals surface area contributed by atoms with E-state index in [4.69, 9.17) is 4.74 Å². The third-order valence-electron chi connectivity index (χ3n) is 8.24. The minimum atomic E-state index is -0.614. The number of aliphatic hydroxyl groups is 1. The van der Waals surface area contributed by atoms with Gasteiger partial charge in [0.05, 0.1) is 5.56 Å². The van der Waals surface area contributed by atoms with E-state index in [9.17, 15) is 9.90 Å². The smallest absolute Gasteiger partial charge is 0.255 e. The highest BCUT2D eigenvalue weighted by atomic mass is 16.5. The number of nitrogens with one attached hydrogen (secondary N) is 2. The predicted octanol–water partition coefficient (Wildman–Crippen LogP) is 4.55. The van der Waals surface area contributed by atoms with Crippen LogP contribution in [0.2, 0.25) is 0 Å². The van der Waals surface area contributed by atoms with Crippen LogP contribution in [0.4, 0.5) is 0 Å². The summed E-state index contributed by atoms with van der Waals surface area (Å²) in [6.07, 6.45) is 9.34. The molecule has 1 unspecified atom stereocenters. The molecule has 4 bridgehead atoms. The average Bonchev–Trinajstić information content (AvgIpc) is 2.84. The molecule has 0 radical (unpaired) electrons. The maximum atomic E-state index is 12.7. The van der Waals surface area contributed by atoms with Gasteiger partial charge in [0.1, 0.15) is 18.5 Å². The summed E-state index contributed by atoms with van der Waals surface area (Å²) in [4.78, 5) is 12.7. The SMILES string of the molecule is O=C(NCc1ccccc1)c1ccccc1OCC(O)CNCCC12CC3CC(CC(C3)C1)C2. The lowest BCUT2D eigenvalue weighted by molar-refractivity contribution is -0.0570. The summed E-state index contributed by atoms with van der Waals surface area (Å²) in [6, 6.07) is 17.0. The standard InChI is InChI=1S/C29H38N2O3/c32-25(19-30-11-10-29-15-22-12-23(16-29)14-24(13-22)17-29)20-34-27-9-5-4-8-26(27)28(33)31-18-21-6-2-1-3-7-21/h1-9,22-25,30,32H,10-20H2,(H,31,33). The third-order valence-corrected chi connectivity index (χ3v) is 8.24. The van der Waals surface area contributed by atoms with Crippen LogP contribution < -0.4 is 15.4 Å². The minimum absolute atomic E-state index is 0.160. The minimum Gasteiger partial charge on any atom is -0.490 e. The molecule has 0 saturated heterocycles. The van der Waals surface area contributed by atoms with Crippen molar-refractivity contribution >= 4 is 5.91 Å². The molecule has 0 heterocycles. The van der Waals surface area contributed by atoms with Crippen molar-refractivity contribution in [1.29, 1.82) is 0 Å². The van der Waals surface area contributed by atoms with Gasteiger partial charge in [-0.05, 0) is 92.4 Å². The molecule has 4 saturated carbocycles. The van der Waals surface area contributed by atoms with Crippen LogP contribution in [0.1, 0.15) is 60.9 Å². The maximum Gasteiger partial charge on any atom is 0.255 e. The molecule has 1 atom stereocenters. The topological polar surface area (TPSA) is 70.6 Å². The molecular formula is C29H38N2O3. The third kappa shape index (κ3) is 5.64. The molecule has 4 aliphatic carbocycles. The number of amides is 1. The van der Waals surface area contributed by atoms with E-state index >= 15 is 0 Å². The van der Waals surface area contributed by atoms with Crippen molar-refractivity contribution in [3.05, 3.63) is 65.7 Å². The molecule has 5 heteroatoms. The molecule has 5 nitrogen and oxygen atoms in total. The van der Waals surface area contributed by atoms with Crippen LogP contribution in [0.5, 0.6) is 5.75 Å². The second-order valence-electron chi connectivity index (χ2n) is 11.0. The average molecular weight is 463 g/mol. The van der Waals surface area contributed by atoms with E-state index in [-0.39, 0.29) is 12.5 Å². The van der Waals surface area contributed by atoms with Crippen LogP contribution in [0, 0.1) is 23.2 Å². The van der Waals surface area contributed by atoms with Gasteiger partial charge in [0, 0.05) is 13.1 Å². The molecule has 6 rings (SSSR count). The zero-order chi connectivity index (χ0) is 23.4. The molecule has 2 aromatic carbocycles. The number of hydrogen-bond donors (Lipinski definition) is 3. The summed E-state index contributed by atoms with van der Waals surface area (Å²) in [5.41, 5.74) is 2.10. The summed E-state index contributed by atoms with van der Waals surface area (Å²) in [5, 5.41) is 16.9. The molecule has 34 heavy (non-hydrogen) atoms. The molecule has 0 aromatic heterocycles. The number of para-hydroxylation sites is 1. The van der Waals surface area contributed by atoms with E-state index in [2.05, 4.69) is 10.6 Å². The Labute approximate surface area is 203 Å². The Bertz CT molecular complexity index is 926. The van der Waals surface area contributed by atoms with Gasteiger partial charge < -0.3 is 20.5 Å². The number of ether oxygens (including phenoxy) is 1. The summed E-state index contributed by atoms with van der Waals surface area (Å²) in [5.74, 6) is 3.27. The second kappa shape index (κ2) is 10.5. The van der Waals surface area contributed by atoms with Crippen LogP contribution in [-0.2, 0) is 6.54 Å². The lowest BCUT2D eigenvalue weighted by Gasteiger charge is -2.57. The van der Waals surface area contributed by atoms with Gasteiger partial charge in [-0.2, -0.15) is 0 Å². The lowest BCUT2D eigenvalue weighted by Crippen LogP contribution is -2.47. The first kappa shape index (κ1) is 23.4. The van der Waals surface area contributed by atoms with E-state index in [0.717, 1.165) is 29.9 Å². The highest BCUT2D eigenvalue weighted by Crippen LogP contribution is 2.61. The van der Waals surface area contributed by atoms with E-state index in [1.807, 2.05) is 42.5 Å². The highest BCUT2D eigenvalue weighted by Gasteiger charge is 2.50. The van der Waals surface area contributed by atoms with Crippen molar-refractivity contribution in [2.45, 2.75) is 57.6 Å². The van der Waals surface area contributed by atoms with Crippen molar-refractivity contribution in [2.24, 2.45) is 23.2 Å². The number of aliphatic hydroxyl groups excluding tert-OH is 1. The Morgan fingerprint density at radius 1 is 0.971 bits per heavy atom. The van der Waals surface area contributed by atoms with E-state index < -0.39 is 6.10 Å². The maximum absolute atomic E-state index is 12.7. The van der Waals surface area contributed by atoms with Crippen LogP contribution in [0.25, 0.3) is 0 Å². The molecule has 0 spiro atoms. The number of hydrogen-bond acceptors (Lipinski definition) is 4. The van der Waals surface area contributed by atoms with Gasteiger partial charge in [-0.25, -0.2) is 0 Å². The number of benzene rings is 2. The number of rotatable bonds is 11. The van der Waals surface area contributed by atoms with Gasteiger partial charge in [-0.1, -0.05) is 42.5 Å². The molecule has 4 aliphatic rings. The normalized spacial score (nSPS) is 28.0. The van der Waals surface area contributed by atoms with Crippen LogP contribution in [0.15, 0.2) is 54.6 Å². The first-order valence-electron chi connectivity index (χ1n) is 13.0. The van der Waals surface area contributed by atoms with Crippen molar-refractivity contribution in [1.82, 2.24) is 10.6 Å². The molecule has 2 aromatic rings. The van der Waals surface area contributed by atoms with Gasteiger partial charge >= 0.3 is 0 Å². The number of carbonyl (C=O) groups excluding carboxylic acids is 1. The monoisotopic (exact) mass is 462 g/mol. The molecule has 182 valence electrons. The summed E-state index contributed by atoms with van der Waals surface area (Å²) in [6.45, 7) is 2.09. The zero-order valence-electron chi connectivity index (χ0n) is 20.0. The fourth-order valence-electron chi connectivity index (χ4n) is 7.12. The predicted molar refractivity (Wildman–Crippen MR) is 134 cm³/mol. The Morgan fingerprint density at radius 2 is 1.62 bits per heavy atom. The van der Waals surface area contributed by atoms with Crippen LogP contribution in [0.3, 0.4) is 0 Å². The zero-order valence-corrected chi connectivity index (χ0v) is 20.0. The van der Waals surface area contributed by atoms with Gasteiger partial charge in [0.25, 0.3) is 5.91 Å². The van der Waals surface area contributed by atoms with Crippen molar-refractivity contribution in [3.8, 4) is 5.75 Å². The Hall–Kier alpha value is -2.37. The first-order valence-corrected chi connectivity index (χ1v) is 13.0. The van der Waals surface area contributed by atoms with Crippen molar-refractivity contribution < 1.29 is 14.6 Å². The molecule has 0 aliphatic heterocycles. The van der Waals surface area contributed by atoms with Gasteiger partial charge in [-0.3, -0.25) is 4.79 Å². The van der Waals surface area contributed by atoms with Gasteiger partial charge in [0.2, 0.25) is 0 Å². The van der Waals surface area contributed by atoms with Crippen LogP contribution in [-0.4, -0.2) is 36.8 Å². The van der Waals surface area contributed by atoms with E-state index in [1.165, 1.54) is 44.9 Å². The van der Waals surface area contributed by atoms with Crippen LogP contribution >= 0.6 is 0 Å². The van der Waals surface area contributed by atoms with Crippen molar-refractivity contribution in [2.75, 3.05) is 19.7 Å². The fourth-order valence-corrected chi connectivity index (χ4v) is 7.12. The second-order valence-corrected chi connectivity index (χ2v) is 11.0. The van der Waals surface area contributed by atoms with Gasteiger partial charge in [0.15, 0.2) is 0 Å². The van der Waals surface area contributed by atoms with E-state index in [1.54, 1.807) is 12.1 Å². The largest absolute Gasteiger partial charge is 0.490 e.